The standard InChI is InChI=1S/C27H24F4N6O/c1-15-24(26(38)34-19-6-4-18-13-32-9-8-16(18)10-19)25(17-5-7-21(22(28)11-17)27(29,30)31)37-23(33-15)12-20(35-37)14-36(2)3/h4-13,25,33H,14H2,1-3H3,(H,34,38). The predicted octanol–water partition coefficient (Wildman–Crippen LogP) is 5.58. The lowest BCUT2D eigenvalue weighted by molar-refractivity contribution is -0.140. The van der Waals surface area contributed by atoms with E-state index >= 15 is 0 Å². The number of halogens is 4. The molecular formula is C27H24F4N6O. The van der Waals surface area contributed by atoms with E-state index in [0.29, 0.717) is 35.5 Å². The molecule has 3 heterocycles. The van der Waals surface area contributed by atoms with E-state index in [4.69, 9.17) is 0 Å². The van der Waals surface area contributed by atoms with Crippen LogP contribution in [0.2, 0.25) is 0 Å². The van der Waals surface area contributed by atoms with Crippen LogP contribution in [0, 0.1) is 5.82 Å². The fourth-order valence-electron chi connectivity index (χ4n) is 4.62. The zero-order valence-corrected chi connectivity index (χ0v) is 20.8. The van der Waals surface area contributed by atoms with Gasteiger partial charge < -0.3 is 15.5 Å². The van der Waals surface area contributed by atoms with Crippen LogP contribution >= 0.6 is 0 Å². The molecule has 0 bridgehead atoms. The van der Waals surface area contributed by atoms with Gasteiger partial charge in [0, 0.05) is 41.8 Å². The van der Waals surface area contributed by atoms with Gasteiger partial charge >= 0.3 is 6.18 Å². The number of hydrogen-bond donors (Lipinski definition) is 2. The number of aromatic nitrogens is 3. The molecule has 1 atom stereocenters. The molecule has 0 aliphatic carbocycles. The van der Waals surface area contributed by atoms with Crippen molar-refractivity contribution in [3.05, 3.63) is 94.8 Å². The van der Waals surface area contributed by atoms with Gasteiger partial charge in [0.15, 0.2) is 0 Å². The number of anilines is 2. The molecule has 7 nitrogen and oxygen atoms in total. The average molecular weight is 525 g/mol. The van der Waals surface area contributed by atoms with E-state index in [2.05, 4.69) is 20.7 Å². The predicted molar refractivity (Wildman–Crippen MR) is 136 cm³/mol. The Balaban J connectivity index is 1.58. The second-order valence-corrected chi connectivity index (χ2v) is 9.40. The van der Waals surface area contributed by atoms with Crippen LogP contribution < -0.4 is 10.6 Å². The normalized spacial score (nSPS) is 15.5. The molecule has 0 saturated carbocycles. The number of nitrogens with one attached hydrogen (secondary N) is 2. The Labute approximate surface area is 215 Å². The summed E-state index contributed by atoms with van der Waals surface area (Å²) in [6.07, 6.45) is -1.49. The second-order valence-electron chi connectivity index (χ2n) is 9.40. The summed E-state index contributed by atoms with van der Waals surface area (Å²) in [6.45, 7) is 2.18. The molecule has 5 rings (SSSR count). The first-order valence-electron chi connectivity index (χ1n) is 11.7. The van der Waals surface area contributed by atoms with Crippen molar-refractivity contribution in [2.24, 2.45) is 0 Å². The Morgan fingerprint density at radius 2 is 1.89 bits per heavy atom. The molecule has 1 amide bonds. The summed E-state index contributed by atoms with van der Waals surface area (Å²) in [5.74, 6) is -1.38. The van der Waals surface area contributed by atoms with E-state index < -0.39 is 29.5 Å². The molecule has 11 heteroatoms. The number of carbonyl (C=O) groups is 1. The van der Waals surface area contributed by atoms with E-state index in [-0.39, 0.29) is 11.1 Å². The zero-order chi connectivity index (χ0) is 27.2. The van der Waals surface area contributed by atoms with E-state index in [1.807, 2.05) is 31.1 Å². The highest BCUT2D eigenvalue weighted by Crippen LogP contribution is 2.39. The number of pyridine rings is 1. The maximum atomic E-state index is 14.7. The van der Waals surface area contributed by atoms with Crippen LogP contribution in [0.3, 0.4) is 0 Å². The fourth-order valence-corrected chi connectivity index (χ4v) is 4.62. The first-order valence-corrected chi connectivity index (χ1v) is 11.7. The van der Waals surface area contributed by atoms with Crippen LogP contribution in [0.1, 0.15) is 29.8 Å². The molecule has 38 heavy (non-hydrogen) atoms. The largest absolute Gasteiger partial charge is 0.419 e. The maximum Gasteiger partial charge on any atom is 0.419 e. The smallest absolute Gasteiger partial charge is 0.344 e. The fraction of sp³-hybridized carbons (Fsp3) is 0.222. The van der Waals surface area contributed by atoms with Gasteiger partial charge in [-0.25, -0.2) is 9.07 Å². The van der Waals surface area contributed by atoms with Gasteiger partial charge in [0.1, 0.15) is 17.7 Å². The molecule has 0 spiro atoms. The molecular weight excluding hydrogens is 500 g/mol. The van der Waals surface area contributed by atoms with E-state index in [1.165, 1.54) is 10.7 Å². The van der Waals surface area contributed by atoms with Crippen molar-refractivity contribution in [1.29, 1.82) is 0 Å². The van der Waals surface area contributed by atoms with Crippen molar-refractivity contribution in [3.63, 3.8) is 0 Å². The molecule has 4 aromatic rings. The monoisotopic (exact) mass is 524 g/mol. The number of hydrogen-bond acceptors (Lipinski definition) is 5. The van der Waals surface area contributed by atoms with Gasteiger partial charge in [-0.2, -0.15) is 18.3 Å². The number of carbonyl (C=O) groups excluding carboxylic acids is 1. The van der Waals surface area contributed by atoms with Crippen molar-refractivity contribution in [2.75, 3.05) is 24.7 Å². The van der Waals surface area contributed by atoms with Crippen molar-refractivity contribution < 1.29 is 22.4 Å². The summed E-state index contributed by atoms with van der Waals surface area (Å²) in [7, 11) is 3.74. The van der Waals surface area contributed by atoms with Crippen LogP contribution in [-0.2, 0) is 17.5 Å². The van der Waals surface area contributed by atoms with Gasteiger partial charge in [-0.05, 0) is 62.3 Å². The highest BCUT2D eigenvalue weighted by Gasteiger charge is 2.37. The van der Waals surface area contributed by atoms with Crippen molar-refractivity contribution in [3.8, 4) is 0 Å². The van der Waals surface area contributed by atoms with Gasteiger partial charge in [-0.1, -0.05) is 12.1 Å². The first kappa shape index (κ1) is 25.4. The number of alkyl halides is 3. The SMILES string of the molecule is CC1=C(C(=O)Nc2ccc3cnccc3c2)C(c2ccc(C(F)(F)F)c(F)c2)n2nc(CN(C)C)cc2N1. The van der Waals surface area contributed by atoms with Gasteiger partial charge in [0.25, 0.3) is 5.91 Å². The summed E-state index contributed by atoms with van der Waals surface area (Å²) in [4.78, 5) is 19.6. The number of amides is 1. The number of fused-ring (bicyclic) bond motifs is 2. The number of allylic oxidation sites excluding steroid dienone is 1. The quantitative estimate of drug-likeness (QED) is 0.334. The van der Waals surface area contributed by atoms with Crippen LogP contribution in [0.4, 0.5) is 29.1 Å². The molecule has 1 aliphatic heterocycles. The lowest BCUT2D eigenvalue weighted by atomic mass is 9.93. The third-order valence-electron chi connectivity index (χ3n) is 6.26. The van der Waals surface area contributed by atoms with Gasteiger partial charge in [0.2, 0.25) is 0 Å². The van der Waals surface area contributed by atoms with E-state index in [0.717, 1.165) is 16.8 Å². The summed E-state index contributed by atoms with van der Waals surface area (Å²) < 4.78 is 56.0. The minimum Gasteiger partial charge on any atom is -0.344 e. The molecule has 0 saturated heterocycles. The van der Waals surface area contributed by atoms with Crippen molar-refractivity contribution in [1.82, 2.24) is 19.7 Å². The van der Waals surface area contributed by atoms with Crippen LogP contribution in [0.5, 0.6) is 0 Å². The molecule has 196 valence electrons. The Morgan fingerprint density at radius 3 is 2.61 bits per heavy atom. The molecule has 2 N–H and O–H groups in total. The summed E-state index contributed by atoms with van der Waals surface area (Å²) >= 11 is 0. The zero-order valence-electron chi connectivity index (χ0n) is 20.8. The number of rotatable bonds is 5. The van der Waals surface area contributed by atoms with Gasteiger partial charge in [0.05, 0.1) is 16.8 Å². The maximum absolute atomic E-state index is 14.7. The minimum absolute atomic E-state index is 0.159. The third-order valence-corrected chi connectivity index (χ3v) is 6.26. The minimum atomic E-state index is -4.84. The van der Waals surface area contributed by atoms with Crippen molar-refractivity contribution >= 4 is 28.2 Å². The lowest BCUT2D eigenvalue weighted by Crippen LogP contribution is -2.31. The van der Waals surface area contributed by atoms with Crippen molar-refractivity contribution in [2.45, 2.75) is 25.7 Å². The van der Waals surface area contributed by atoms with E-state index in [9.17, 15) is 22.4 Å². The highest BCUT2D eigenvalue weighted by atomic mass is 19.4. The van der Waals surface area contributed by atoms with Gasteiger partial charge in [-0.3, -0.25) is 9.78 Å². The lowest BCUT2D eigenvalue weighted by Gasteiger charge is -2.30. The molecule has 2 aromatic carbocycles. The first-order chi connectivity index (χ1) is 18.0. The van der Waals surface area contributed by atoms with Crippen LogP contribution in [0.25, 0.3) is 10.8 Å². The Bertz CT molecular complexity index is 1570. The molecule has 0 fully saturated rings. The molecule has 2 aromatic heterocycles. The summed E-state index contributed by atoms with van der Waals surface area (Å²) in [5.41, 5.74) is 0.652. The van der Waals surface area contributed by atoms with Crippen LogP contribution in [0.15, 0.2) is 72.2 Å². The molecule has 1 aliphatic rings. The van der Waals surface area contributed by atoms with Crippen LogP contribution in [-0.4, -0.2) is 39.7 Å². The topological polar surface area (TPSA) is 75.1 Å². The Morgan fingerprint density at radius 1 is 1.11 bits per heavy atom. The Kier molecular flexibility index (Phi) is 6.39. The summed E-state index contributed by atoms with van der Waals surface area (Å²) in [5, 5.41) is 12.4. The van der Waals surface area contributed by atoms with Gasteiger partial charge in [-0.15, -0.1) is 0 Å². The summed E-state index contributed by atoms with van der Waals surface area (Å²) in [6, 6.07) is 10.7. The van der Waals surface area contributed by atoms with E-state index in [1.54, 1.807) is 37.5 Å². The average Bonchev–Trinajstić information content (AvgIpc) is 3.23. The molecule has 0 radical (unpaired) electrons. The number of benzene rings is 2. The molecule has 1 unspecified atom stereocenters. The third kappa shape index (κ3) is 4.84. The highest BCUT2D eigenvalue weighted by molar-refractivity contribution is 6.06. The second kappa shape index (κ2) is 9.56. The Hall–Kier alpha value is -4.25. The number of nitrogens with zero attached hydrogens (tertiary/aromatic N) is 4.